The quantitative estimate of drug-likeness (QED) is 0.906. The van der Waals surface area contributed by atoms with E-state index in [-0.39, 0.29) is 5.91 Å². The summed E-state index contributed by atoms with van der Waals surface area (Å²) in [5.41, 5.74) is 0.754. The van der Waals surface area contributed by atoms with Crippen molar-refractivity contribution in [2.24, 2.45) is 5.92 Å². The lowest BCUT2D eigenvalue weighted by atomic mass is 10.2. The summed E-state index contributed by atoms with van der Waals surface area (Å²) in [4.78, 5) is 11.8. The van der Waals surface area contributed by atoms with Gasteiger partial charge in [0.2, 0.25) is 5.91 Å². The number of hydrogen-bond acceptors (Lipinski definition) is 4. The summed E-state index contributed by atoms with van der Waals surface area (Å²) < 4.78 is 11.2. The lowest BCUT2D eigenvalue weighted by molar-refractivity contribution is -0.113. The Morgan fingerprint density at radius 2 is 2.05 bits per heavy atom. The van der Waals surface area contributed by atoms with E-state index in [2.05, 4.69) is 19.2 Å². The first kappa shape index (κ1) is 15.0. The van der Waals surface area contributed by atoms with E-state index in [9.17, 15) is 4.79 Å². The summed E-state index contributed by atoms with van der Waals surface area (Å²) in [6.07, 6.45) is 0.877. The molecule has 1 aliphatic heterocycles. The molecule has 0 bridgehead atoms. The third-order valence-corrected chi connectivity index (χ3v) is 4.08. The second-order valence-electron chi connectivity index (χ2n) is 5.17. The average molecular weight is 295 g/mol. The number of carbonyl (C=O) groups is 1. The second kappa shape index (κ2) is 7.43. The van der Waals surface area contributed by atoms with Crippen molar-refractivity contribution in [1.82, 2.24) is 0 Å². The van der Waals surface area contributed by atoms with Crippen LogP contribution in [0.25, 0.3) is 0 Å². The van der Waals surface area contributed by atoms with Gasteiger partial charge in [0, 0.05) is 18.2 Å². The molecular weight excluding hydrogens is 274 g/mol. The Labute approximate surface area is 124 Å². The zero-order valence-electron chi connectivity index (χ0n) is 12.0. The van der Waals surface area contributed by atoms with Crippen LogP contribution in [0.4, 0.5) is 5.69 Å². The first-order valence-corrected chi connectivity index (χ1v) is 8.08. The Morgan fingerprint density at radius 3 is 2.80 bits per heavy atom. The van der Waals surface area contributed by atoms with Crippen molar-refractivity contribution in [1.29, 1.82) is 0 Å². The Bertz CT molecular complexity index is 462. The molecule has 0 spiro atoms. The topological polar surface area (TPSA) is 47.6 Å². The van der Waals surface area contributed by atoms with Crippen LogP contribution in [0, 0.1) is 5.92 Å². The van der Waals surface area contributed by atoms with Crippen molar-refractivity contribution >= 4 is 23.4 Å². The molecule has 4 nitrogen and oxygen atoms in total. The molecule has 1 aromatic carbocycles. The number of ether oxygens (including phenoxy) is 2. The molecule has 1 amide bonds. The molecule has 2 rings (SSSR count). The van der Waals surface area contributed by atoms with Crippen LogP contribution in [-0.4, -0.2) is 30.6 Å². The van der Waals surface area contributed by atoms with E-state index in [0.29, 0.717) is 30.6 Å². The minimum atomic E-state index is 0.0186. The van der Waals surface area contributed by atoms with Gasteiger partial charge in [0.15, 0.2) is 11.5 Å². The fourth-order valence-electron chi connectivity index (χ4n) is 1.83. The number of rotatable bonds is 5. The van der Waals surface area contributed by atoms with Crippen molar-refractivity contribution in [2.75, 3.05) is 30.0 Å². The van der Waals surface area contributed by atoms with Gasteiger partial charge in [-0.2, -0.15) is 11.8 Å². The van der Waals surface area contributed by atoms with Crippen molar-refractivity contribution in [3.05, 3.63) is 18.2 Å². The summed E-state index contributed by atoms with van der Waals surface area (Å²) in [6, 6.07) is 5.52. The highest BCUT2D eigenvalue weighted by Gasteiger charge is 2.11. The summed E-state index contributed by atoms with van der Waals surface area (Å²) in [6.45, 7) is 5.61. The minimum absolute atomic E-state index is 0.0186. The molecule has 1 heterocycles. The number of anilines is 1. The standard InChI is InChI=1S/C15H21NO3S/c1-11(2)9-20-10-15(17)16-12-4-5-13-14(8-12)19-7-3-6-18-13/h4-5,8,11H,3,6-7,9-10H2,1-2H3,(H,16,17). The molecule has 0 saturated carbocycles. The fraction of sp³-hybridized carbons (Fsp3) is 0.533. The van der Waals surface area contributed by atoms with Crippen molar-refractivity contribution in [3.63, 3.8) is 0 Å². The van der Waals surface area contributed by atoms with E-state index in [0.717, 1.165) is 23.6 Å². The molecule has 0 aliphatic carbocycles. The number of benzene rings is 1. The van der Waals surface area contributed by atoms with E-state index in [1.165, 1.54) is 0 Å². The molecule has 5 heteroatoms. The van der Waals surface area contributed by atoms with Gasteiger partial charge in [0.25, 0.3) is 0 Å². The smallest absolute Gasteiger partial charge is 0.234 e. The van der Waals surface area contributed by atoms with Crippen molar-refractivity contribution in [3.8, 4) is 11.5 Å². The van der Waals surface area contributed by atoms with Crippen LogP contribution in [0.2, 0.25) is 0 Å². The Balaban J connectivity index is 1.89. The molecule has 0 atom stereocenters. The lowest BCUT2D eigenvalue weighted by Crippen LogP contribution is -2.15. The van der Waals surface area contributed by atoms with Crippen molar-refractivity contribution in [2.45, 2.75) is 20.3 Å². The largest absolute Gasteiger partial charge is 0.490 e. The summed E-state index contributed by atoms with van der Waals surface area (Å²) in [5, 5.41) is 2.89. The summed E-state index contributed by atoms with van der Waals surface area (Å²) in [5.74, 6) is 3.54. The van der Waals surface area contributed by atoms with Gasteiger partial charge in [-0.05, 0) is 23.8 Å². The molecule has 1 aliphatic rings. The van der Waals surface area contributed by atoms with Gasteiger partial charge in [-0.3, -0.25) is 4.79 Å². The molecule has 0 aromatic heterocycles. The number of amides is 1. The van der Waals surface area contributed by atoms with Crippen LogP contribution in [0.3, 0.4) is 0 Å². The molecule has 0 radical (unpaired) electrons. The van der Waals surface area contributed by atoms with Crippen LogP contribution in [0.15, 0.2) is 18.2 Å². The van der Waals surface area contributed by atoms with E-state index in [1.54, 1.807) is 11.8 Å². The number of thioether (sulfide) groups is 1. The molecular formula is C15H21NO3S. The lowest BCUT2D eigenvalue weighted by Gasteiger charge is -2.10. The molecule has 0 saturated heterocycles. The Kier molecular flexibility index (Phi) is 5.59. The number of hydrogen-bond donors (Lipinski definition) is 1. The van der Waals surface area contributed by atoms with Gasteiger partial charge in [0.1, 0.15) is 0 Å². The molecule has 20 heavy (non-hydrogen) atoms. The molecule has 1 aromatic rings. The normalized spacial score (nSPS) is 13.9. The first-order valence-electron chi connectivity index (χ1n) is 6.92. The fourth-order valence-corrected chi connectivity index (χ4v) is 2.67. The first-order chi connectivity index (χ1) is 9.65. The minimum Gasteiger partial charge on any atom is -0.490 e. The van der Waals surface area contributed by atoms with Gasteiger partial charge < -0.3 is 14.8 Å². The molecule has 1 N–H and O–H groups in total. The highest BCUT2D eigenvalue weighted by molar-refractivity contribution is 7.99. The summed E-state index contributed by atoms with van der Waals surface area (Å²) >= 11 is 1.65. The Morgan fingerprint density at radius 1 is 1.30 bits per heavy atom. The number of nitrogens with one attached hydrogen (secondary N) is 1. The van der Waals surface area contributed by atoms with Gasteiger partial charge >= 0.3 is 0 Å². The van der Waals surface area contributed by atoms with Gasteiger partial charge in [-0.15, -0.1) is 0 Å². The third-order valence-electron chi connectivity index (χ3n) is 2.72. The predicted molar refractivity (Wildman–Crippen MR) is 82.8 cm³/mol. The number of carbonyl (C=O) groups excluding carboxylic acids is 1. The van der Waals surface area contributed by atoms with Gasteiger partial charge in [-0.25, -0.2) is 0 Å². The van der Waals surface area contributed by atoms with Crippen LogP contribution < -0.4 is 14.8 Å². The van der Waals surface area contributed by atoms with Crippen molar-refractivity contribution < 1.29 is 14.3 Å². The van der Waals surface area contributed by atoms with Crippen LogP contribution in [0.1, 0.15) is 20.3 Å². The molecule has 0 fully saturated rings. The zero-order chi connectivity index (χ0) is 14.4. The van der Waals surface area contributed by atoms with Gasteiger partial charge in [-0.1, -0.05) is 13.8 Å². The summed E-state index contributed by atoms with van der Waals surface area (Å²) in [7, 11) is 0. The maximum atomic E-state index is 11.8. The maximum Gasteiger partial charge on any atom is 0.234 e. The van der Waals surface area contributed by atoms with Gasteiger partial charge in [0.05, 0.1) is 19.0 Å². The third kappa shape index (κ3) is 4.63. The van der Waals surface area contributed by atoms with E-state index in [1.807, 2.05) is 18.2 Å². The van der Waals surface area contributed by atoms with E-state index < -0.39 is 0 Å². The highest BCUT2D eigenvalue weighted by Crippen LogP contribution is 2.32. The second-order valence-corrected chi connectivity index (χ2v) is 6.20. The Hall–Kier alpha value is -1.36. The van der Waals surface area contributed by atoms with E-state index in [4.69, 9.17) is 9.47 Å². The monoisotopic (exact) mass is 295 g/mol. The average Bonchev–Trinajstić information content (AvgIpc) is 2.62. The van der Waals surface area contributed by atoms with Crippen LogP contribution >= 0.6 is 11.8 Å². The highest BCUT2D eigenvalue weighted by atomic mass is 32.2. The van der Waals surface area contributed by atoms with Crippen LogP contribution in [-0.2, 0) is 4.79 Å². The predicted octanol–water partition coefficient (Wildman–Crippen LogP) is 3.18. The SMILES string of the molecule is CC(C)CSCC(=O)Nc1ccc2c(c1)OCCCO2. The number of fused-ring (bicyclic) bond motifs is 1. The molecule has 0 unspecified atom stereocenters. The molecule has 110 valence electrons. The van der Waals surface area contributed by atoms with E-state index >= 15 is 0 Å². The van der Waals surface area contributed by atoms with Crippen LogP contribution in [0.5, 0.6) is 11.5 Å². The maximum absolute atomic E-state index is 11.8. The zero-order valence-corrected chi connectivity index (χ0v) is 12.8.